The fraction of sp³-hybridized carbons (Fsp3) is 0.227. The number of aliphatic carboxylic acids is 1. The maximum atomic E-state index is 12.9. The summed E-state index contributed by atoms with van der Waals surface area (Å²) in [6.45, 7) is 0.113. The number of nitro groups is 1. The summed E-state index contributed by atoms with van der Waals surface area (Å²) in [6, 6.07) is 6.03. The normalized spacial score (nSPS) is 11.6. The number of pyridine rings is 1. The summed E-state index contributed by atoms with van der Waals surface area (Å²) in [5, 5.41) is 35.3. The van der Waals surface area contributed by atoms with Gasteiger partial charge in [0.15, 0.2) is 6.04 Å². The van der Waals surface area contributed by atoms with E-state index in [1.807, 2.05) is 0 Å². The van der Waals surface area contributed by atoms with Gasteiger partial charge in [0.2, 0.25) is 5.82 Å². The van der Waals surface area contributed by atoms with Crippen LogP contribution in [0.3, 0.4) is 0 Å². The van der Waals surface area contributed by atoms with E-state index < -0.39 is 29.4 Å². The van der Waals surface area contributed by atoms with Crippen molar-refractivity contribution in [3.05, 3.63) is 68.4 Å². The van der Waals surface area contributed by atoms with E-state index in [0.717, 1.165) is 0 Å². The van der Waals surface area contributed by atoms with Gasteiger partial charge in [-0.15, -0.1) is 0 Å². The van der Waals surface area contributed by atoms with Crippen LogP contribution in [-0.2, 0) is 11.3 Å². The lowest BCUT2D eigenvalue weighted by Gasteiger charge is -2.12. The SMILES string of the molecule is Nc1nc(NCCCn2cc(C(=O)N[C@@H](CO)C(=O)O)c(-c3ccc(Cl)cc3Cl)c2)ccc1[N+](=O)[O-]. The predicted molar refractivity (Wildman–Crippen MR) is 134 cm³/mol. The first kappa shape index (κ1) is 26.7. The van der Waals surface area contributed by atoms with Crippen LogP contribution in [0.15, 0.2) is 42.7 Å². The molecule has 0 saturated carbocycles. The molecule has 0 bridgehead atoms. The molecule has 190 valence electrons. The Kier molecular flexibility index (Phi) is 8.69. The van der Waals surface area contributed by atoms with Crippen LogP contribution < -0.4 is 16.4 Å². The van der Waals surface area contributed by atoms with Gasteiger partial charge in [-0.25, -0.2) is 9.78 Å². The highest BCUT2D eigenvalue weighted by Crippen LogP contribution is 2.33. The van der Waals surface area contributed by atoms with Crippen LogP contribution in [0.25, 0.3) is 11.1 Å². The number of amides is 1. The summed E-state index contributed by atoms with van der Waals surface area (Å²) in [7, 11) is 0. The third kappa shape index (κ3) is 6.42. The molecule has 0 aliphatic rings. The first-order valence-electron chi connectivity index (χ1n) is 10.5. The summed E-state index contributed by atoms with van der Waals surface area (Å²) >= 11 is 12.3. The van der Waals surface area contributed by atoms with Crippen molar-refractivity contribution >= 4 is 52.4 Å². The largest absolute Gasteiger partial charge is 0.480 e. The second-order valence-electron chi connectivity index (χ2n) is 7.63. The van der Waals surface area contributed by atoms with Gasteiger partial charge in [0.05, 0.1) is 17.1 Å². The quantitative estimate of drug-likeness (QED) is 0.139. The standard InChI is InChI=1S/C22H22Cl2N6O6/c23-12-2-3-13(16(24)8-12)14-9-29(10-15(14)21(32)27-17(11-31)22(33)34)7-1-6-26-19-5-4-18(30(35)36)20(25)28-19/h2-5,8-10,17,31H,1,6-7,11H2,(H,27,32)(H,33,34)(H3,25,26,28)/t17-/m0/s1. The Morgan fingerprint density at radius 2 is 1.94 bits per heavy atom. The van der Waals surface area contributed by atoms with Crippen molar-refractivity contribution < 1.29 is 24.7 Å². The number of benzene rings is 1. The Bertz CT molecular complexity index is 1300. The van der Waals surface area contributed by atoms with Crippen LogP contribution in [0, 0.1) is 10.1 Å². The number of nitrogen functional groups attached to an aromatic ring is 1. The number of carboxylic acids is 1. The van der Waals surface area contributed by atoms with E-state index in [9.17, 15) is 24.8 Å². The predicted octanol–water partition coefficient (Wildman–Crippen LogP) is 3.02. The summed E-state index contributed by atoms with van der Waals surface area (Å²) in [4.78, 5) is 38.3. The molecule has 0 unspecified atom stereocenters. The molecular weight excluding hydrogens is 515 g/mol. The molecule has 0 fully saturated rings. The summed E-state index contributed by atoms with van der Waals surface area (Å²) in [6.07, 6.45) is 3.81. The minimum atomic E-state index is -1.47. The van der Waals surface area contributed by atoms with Gasteiger partial charge >= 0.3 is 11.7 Å². The number of hydrogen-bond donors (Lipinski definition) is 5. The molecule has 2 heterocycles. The molecule has 0 aliphatic carbocycles. The van der Waals surface area contributed by atoms with Crippen LogP contribution >= 0.6 is 23.2 Å². The maximum Gasteiger partial charge on any atom is 0.328 e. The number of carboxylic acid groups (broad SMARTS) is 1. The van der Waals surface area contributed by atoms with E-state index in [2.05, 4.69) is 15.6 Å². The van der Waals surface area contributed by atoms with Crippen molar-refractivity contribution in [3.63, 3.8) is 0 Å². The molecule has 3 rings (SSSR count). The number of aryl methyl sites for hydroxylation is 1. The number of hydrogen-bond acceptors (Lipinski definition) is 8. The molecule has 6 N–H and O–H groups in total. The summed E-state index contributed by atoms with van der Waals surface area (Å²) in [5.41, 5.74) is 6.45. The summed E-state index contributed by atoms with van der Waals surface area (Å²) < 4.78 is 1.74. The number of nitrogens with one attached hydrogen (secondary N) is 2. The van der Waals surface area contributed by atoms with Crippen LogP contribution in [0.2, 0.25) is 10.0 Å². The van der Waals surface area contributed by atoms with Crippen LogP contribution in [-0.4, -0.2) is 55.8 Å². The highest BCUT2D eigenvalue weighted by molar-refractivity contribution is 6.36. The minimum absolute atomic E-state index is 0.164. The molecule has 14 heteroatoms. The first-order valence-corrected chi connectivity index (χ1v) is 11.3. The fourth-order valence-electron chi connectivity index (χ4n) is 3.36. The first-order chi connectivity index (χ1) is 17.1. The molecule has 0 aliphatic heterocycles. The second kappa shape index (κ2) is 11.7. The summed E-state index contributed by atoms with van der Waals surface area (Å²) in [5.74, 6) is -1.89. The van der Waals surface area contributed by atoms with Crippen LogP contribution in [0.4, 0.5) is 17.3 Å². The molecule has 1 amide bonds. The van der Waals surface area contributed by atoms with Gasteiger partial charge in [-0.1, -0.05) is 29.3 Å². The molecule has 1 aromatic carbocycles. The van der Waals surface area contributed by atoms with E-state index in [4.69, 9.17) is 34.0 Å². The van der Waals surface area contributed by atoms with Crippen molar-refractivity contribution in [3.8, 4) is 11.1 Å². The van der Waals surface area contributed by atoms with E-state index >= 15 is 0 Å². The lowest BCUT2D eigenvalue weighted by molar-refractivity contribution is -0.384. The molecule has 0 spiro atoms. The van der Waals surface area contributed by atoms with Crippen molar-refractivity contribution in [2.75, 3.05) is 24.2 Å². The Labute approximate surface area is 214 Å². The molecule has 36 heavy (non-hydrogen) atoms. The molecule has 0 radical (unpaired) electrons. The van der Waals surface area contributed by atoms with E-state index in [1.54, 1.807) is 29.1 Å². The number of aliphatic hydroxyl groups excluding tert-OH is 1. The van der Waals surface area contributed by atoms with Crippen molar-refractivity contribution in [1.29, 1.82) is 0 Å². The van der Waals surface area contributed by atoms with Gasteiger partial charge < -0.3 is 31.1 Å². The molecule has 12 nitrogen and oxygen atoms in total. The van der Waals surface area contributed by atoms with Gasteiger partial charge in [0, 0.05) is 52.7 Å². The average Bonchev–Trinajstić information content (AvgIpc) is 3.23. The zero-order valence-corrected chi connectivity index (χ0v) is 20.2. The molecule has 0 saturated heterocycles. The van der Waals surface area contributed by atoms with E-state index in [0.29, 0.717) is 46.5 Å². The van der Waals surface area contributed by atoms with Gasteiger partial charge in [-0.05, 0) is 24.6 Å². The Morgan fingerprint density at radius 3 is 2.56 bits per heavy atom. The third-order valence-electron chi connectivity index (χ3n) is 5.13. The number of anilines is 2. The molecule has 3 aromatic rings. The highest BCUT2D eigenvalue weighted by atomic mass is 35.5. The monoisotopic (exact) mass is 536 g/mol. The number of nitrogens with two attached hydrogens (primary N) is 1. The Morgan fingerprint density at radius 1 is 1.19 bits per heavy atom. The van der Waals surface area contributed by atoms with Crippen molar-refractivity contribution in [2.24, 2.45) is 0 Å². The minimum Gasteiger partial charge on any atom is -0.480 e. The maximum absolute atomic E-state index is 12.9. The van der Waals surface area contributed by atoms with Gasteiger partial charge in [-0.3, -0.25) is 14.9 Å². The van der Waals surface area contributed by atoms with Gasteiger partial charge in [-0.2, -0.15) is 0 Å². The lowest BCUT2D eigenvalue weighted by Crippen LogP contribution is -2.43. The molecule has 1 atom stereocenters. The highest BCUT2D eigenvalue weighted by Gasteiger charge is 2.24. The number of carbonyl (C=O) groups is 2. The van der Waals surface area contributed by atoms with Crippen molar-refractivity contribution in [1.82, 2.24) is 14.9 Å². The third-order valence-corrected chi connectivity index (χ3v) is 5.68. The smallest absolute Gasteiger partial charge is 0.328 e. The van der Waals surface area contributed by atoms with E-state index in [-0.39, 0.29) is 17.1 Å². The van der Waals surface area contributed by atoms with Crippen LogP contribution in [0.5, 0.6) is 0 Å². The number of rotatable bonds is 11. The lowest BCUT2D eigenvalue weighted by atomic mass is 10.0. The molecular formula is C22H22Cl2N6O6. The Balaban J connectivity index is 1.77. The number of aromatic nitrogens is 2. The zero-order valence-electron chi connectivity index (χ0n) is 18.6. The topological polar surface area (TPSA) is 186 Å². The van der Waals surface area contributed by atoms with Gasteiger partial charge in [0.25, 0.3) is 5.91 Å². The van der Waals surface area contributed by atoms with E-state index in [1.165, 1.54) is 18.2 Å². The van der Waals surface area contributed by atoms with Gasteiger partial charge in [0.1, 0.15) is 5.82 Å². The average molecular weight is 537 g/mol. The number of halogens is 2. The molecule has 2 aromatic heterocycles. The zero-order chi connectivity index (χ0) is 26.4. The van der Waals surface area contributed by atoms with Crippen molar-refractivity contribution in [2.45, 2.75) is 19.0 Å². The number of nitrogens with zero attached hydrogens (tertiary/aromatic N) is 3. The Hall–Kier alpha value is -3.87. The number of aliphatic hydroxyl groups is 1. The fourth-order valence-corrected chi connectivity index (χ4v) is 3.87. The second-order valence-corrected chi connectivity index (χ2v) is 8.48. The van der Waals surface area contributed by atoms with Crippen LogP contribution in [0.1, 0.15) is 16.8 Å². The number of carbonyl (C=O) groups excluding carboxylic acids is 1.